The van der Waals surface area contributed by atoms with Crippen molar-refractivity contribution in [3.05, 3.63) is 70.3 Å². The number of nitrogens with zero attached hydrogens (tertiary/aromatic N) is 3. The molecule has 1 amide bonds. The average molecular weight is 622 g/mol. The van der Waals surface area contributed by atoms with Crippen molar-refractivity contribution in [2.45, 2.75) is 115 Å². The summed E-state index contributed by atoms with van der Waals surface area (Å²) in [6, 6.07) is 12.1. The lowest BCUT2D eigenvalue weighted by molar-refractivity contribution is -0.165. The first-order chi connectivity index (χ1) is 20.9. The molecule has 3 aliphatic carbocycles. The summed E-state index contributed by atoms with van der Waals surface area (Å²) in [7, 11) is 0. The Labute approximate surface area is 263 Å². The minimum atomic E-state index is -1.10. The fraction of sp³-hybridized carbons (Fsp3) is 0.514. The second-order valence-electron chi connectivity index (χ2n) is 13.5. The maximum Gasteiger partial charge on any atom is 0.351 e. The van der Waals surface area contributed by atoms with Crippen LogP contribution in [0.2, 0.25) is 5.02 Å². The van der Waals surface area contributed by atoms with E-state index in [1.54, 1.807) is 17.0 Å². The molecule has 3 aromatic rings. The van der Waals surface area contributed by atoms with Gasteiger partial charge in [0.15, 0.2) is 5.82 Å². The molecule has 9 heteroatoms. The van der Waals surface area contributed by atoms with E-state index >= 15 is 4.39 Å². The second-order valence-corrected chi connectivity index (χ2v) is 14.0. The van der Waals surface area contributed by atoms with Crippen LogP contribution in [-0.4, -0.2) is 32.9 Å². The van der Waals surface area contributed by atoms with Crippen LogP contribution < -0.4 is 9.64 Å². The molecule has 1 heterocycles. The number of carbonyl (C=O) groups excluding carboxylic acids is 2. The van der Waals surface area contributed by atoms with Crippen molar-refractivity contribution >= 4 is 29.2 Å². The molecular weight excluding hydrogens is 581 g/mol. The van der Waals surface area contributed by atoms with Gasteiger partial charge in [0, 0.05) is 30.9 Å². The summed E-state index contributed by atoms with van der Waals surface area (Å²) < 4.78 is 29.9. The van der Waals surface area contributed by atoms with Crippen LogP contribution in [-0.2, 0) is 32.7 Å². The van der Waals surface area contributed by atoms with Crippen molar-refractivity contribution < 1.29 is 23.5 Å². The number of rotatable bonds is 7. The van der Waals surface area contributed by atoms with E-state index in [-0.39, 0.29) is 17.3 Å². The molecule has 2 aromatic carbocycles. The van der Waals surface area contributed by atoms with Gasteiger partial charge in [0.1, 0.15) is 11.4 Å². The highest BCUT2D eigenvalue weighted by atomic mass is 35.5. The lowest BCUT2D eigenvalue weighted by atomic mass is 9.74. The number of aromatic nitrogens is 2. The van der Waals surface area contributed by atoms with Crippen molar-refractivity contribution in [1.82, 2.24) is 9.78 Å². The van der Waals surface area contributed by atoms with Gasteiger partial charge in [0.2, 0.25) is 11.5 Å². The molecule has 0 aliphatic heterocycles. The Hall–Kier alpha value is -3.39. The minimum absolute atomic E-state index is 0.197. The zero-order valence-corrected chi connectivity index (χ0v) is 26.8. The number of hydrogen-bond donors (Lipinski definition) is 0. The molecule has 2 saturated carbocycles. The van der Waals surface area contributed by atoms with Crippen molar-refractivity contribution in [1.29, 1.82) is 0 Å². The van der Waals surface area contributed by atoms with Gasteiger partial charge in [0.25, 0.3) is 0 Å². The summed E-state index contributed by atoms with van der Waals surface area (Å²) in [5.74, 6) is -1.02. The van der Waals surface area contributed by atoms with Crippen LogP contribution in [0.1, 0.15) is 102 Å². The highest BCUT2D eigenvalue weighted by Gasteiger charge is 2.56. The molecule has 0 unspecified atom stereocenters. The number of esters is 1. The van der Waals surface area contributed by atoms with E-state index in [9.17, 15) is 9.59 Å². The second kappa shape index (κ2) is 11.5. The highest BCUT2D eigenvalue weighted by molar-refractivity contribution is 6.30. The van der Waals surface area contributed by atoms with Gasteiger partial charge >= 0.3 is 5.97 Å². The largest absolute Gasteiger partial charge is 0.475 e. The lowest BCUT2D eigenvalue weighted by Crippen LogP contribution is -2.52. The molecule has 7 nitrogen and oxygen atoms in total. The molecular formula is C35H41ClFN3O4. The Morgan fingerprint density at radius 3 is 2.25 bits per heavy atom. The molecule has 0 spiro atoms. The third-order valence-corrected chi connectivity index (χ3v) is 9.29. The topological polar surface area (TPSA) is 73.7 Å². The maximum absolute atomic E-state index is 16.3. The quantitative estimate of drug-likeness (QED) is 0.250. The zero-order valence-electron chi connectivity index (χ0n) is 26.1. The fourth-order valence-electron chi connectivity index (χ4n) is 7.00. The standard InChI is InChI=1S/C35H41ClFN3O4/c1-23(41)39(30-17-16-26(22-28(30)37)43-35(20-21-35)32(42)44-33(2,3)4)34(18-8-5-9-19-34)31-27-10-6-7-11-29(27)38-40(31)25-14-12-24(36)13-15-25/h12-17,22H,5-11,18-21H2,1-4H3. The van der Waals surface area contributed by atoms with Crippen molar-refractivity contribution in [2.24, 2.45) is 0 Å². The number of carbonyl (C=O) groups is 2. The Bertz CT molecular complexity index is 1570. The predicted octanol–water partition coefficient (Wildman–Crippen LogP) is 8.01. The summed E-state index contributed by atoms with van der Waals surface area (Å²) in [6.07, 6.45) is 9.12. The first-order valence-electron chi connectivity index (χ1n) is 15.8. The van der Waals surface area contributed by atoms with E-state index in [1.807, 2.05) is 49.7 Å². The van der Waals surface area contributed by atoms with Gasteiger partial charge in [-0.25, -0.2) is 13.9 Å². The summed E-state index contributed by atoms with van der Waals surface area (Å²) in [5, 5.41) is 5.74. The molecule has 234 valence electrons. The van der Waals surface area contributed by atoms with Gasteiger partial charge in [-0.05, 0) is 101 Å². The molecule has 0 radical (unpaired) electrons. The summed E-state index contributed by atoms with van der Waals surface area (Å²) in [4.78, 5) is 28.2. The van der Waals surface area contributed by atoms with E-state index in [2.05, 4.69) is 0 Å². The molecule has 1 aromatic heterocycles. The van der Waals surface area contributed by atoms with E-state index in [1.165, 1.54) is 18.6 Å². The Balaban J connectivity index is 1.43. The first-order valence-corrected chi connectivity index (χ1v) is 16.2. The fourth-order valence-corrected chi connectivity index (χ4v) is 7.12. The van der Waals surface area contributed by atoms with Gasteiger partial charge in [-0.15, -0.1) is 0 Å². The van der Waals surface area contributed by atoms with Crippen LogP contribution in [0.15, 0.2) is 42.5 Å². The molecule has 0 N–H and O–H groups in total. The Morgan fingerprint density at radius 2 is 1.64 bits per heavy atom. The smallest absolute Gasteiger partial charge is 0.351 e. The number of amides is 1. The van der Waals surface area contributed by atoms with Crippen molar-refractivity contribution in [3.8, 4) is 11.4 Å². The molecule has 0 atom stereocenters. The van der Waals surface area contributed by atoms with Gasteiger partial charge in [-0.1, -0.05) is 30.9 Å². The predicted molar refractivity (Wildman–Crippen MR) is 168 cm³/mol. The van der Waals surface area contributed by atoms with E-state index in [0.717, 1.165) is 62.0 Å². The molecule has 44 heavy (non-hydrogen) atoms. The number of halogens is 2. The molecule has 3 aliphatic rings. The molecule has 2 fully saturated rings. The minimum Gasteiger partial charge on any atom is -0.475 e. The number of aryl methyl sites for hydroxylation is 1. The van der Waals surface area contributed by atoms with Crippen LogP contribution in [0.4, 0.5) is 10.1 Å². The first kappa shape index (κ1) is 30.6. The van der Waals surface area contributed by atoms with E-state index in [4.69, 9.17) is 26.2 Å². The Morgan fingerprint density at radius 1 is 0.955 bits per heavy atom. The van der Waals surface area contributed by atoms with Crippen LogP contribution >= 0.6 is 11.6 Å². The van der Waals surface area contributed by atoms with Gasteiger partial charge < -0.3 is 9.47 Å². The summed E-state index contributed by atoms with van der Waals surface area (Å²) in [6.45, 7) is 6.94. The number of fused-ring (bicyclic) bond motifs is 1. The van der Waals surface area contributed by atoms with E-state index < -0.39 is 28.5 Å². The third kappa shape index (κ3) is 5.73. The number of hydrogen-bond acceptors (Lipinski definition) is 5. The number of benzene rings is 2. The lowest BCUT2D eigenvalue weighted by Gasteiger charge is -2.47. The number of anilines is 1. The number of ether oxygens (including phenoxy) is 2. The van der Waals surface area contributed by atoms with E-state index in [0.29, 0.717) is 30.7 Å². The average Bonchev–Trinajstić information content (AvgIpc) is 3.65. The zero-order chi connectivity index (χ0) is 31.3. The SMILES string of the molecule is CC(=O)N(c1ccc(OC2(C(=O)OC(C)(C)C)CC2)cc1F)C1(c2c3c(nn2-c2ccc(Cl)cc2)CCCC3)CCCCC1. The van der Waals surface area contributed by atoms with Crippen LogP contribution in [0.5, 0.6) is 5.75 Å². The van der Waals surface area contributed by atoms with Gasteiger partial charge in [-0.3, -0.25) is 9.69 Å². The van der Waals surface area contributed by atoms with Crippen LogP contribution in [0, 0.1) is 5.82 Å². The van der Waals surface area contributed by atoms with Gasteiger partial charge in [-0.2, -0.15) is 5.10 Å². The Kier molecular flexibility index (Phi) is 8.02. The normalized spacial score (nSPS) is 18.7. The molecule has 0 bridgehead atoms. The third-order valence-electron chi connectivity index (χ3n) is 9.04. The molecule has 0 saturated heterocycles. The molecule has 6 rings (SSSR count). The van der Waals surface area contributed by atoms with Gasteiger partial charge in [0.05, 0.1) is 28.3 Å². The summed E-state index contributed by atoms with van der Waals surface area (Å²) in [5.41, 5.74) is 1.72. The summed E-state index contributed by atoms with van der Waals surface area (Å²) >= 11 is 6.25. The maximum atomic E-state index is 16.3. The van der Waals surface area contributed by atoms with Crippen molar-refractivity contribution in [2.75, 3.05) is 4.90 Å². The van der Waals surface area contributed by atoms with Crippen molar-refractivity contribution in [3.63, 3.8) is 0 Å². The monoisotopic (exact) mass is 621 g/mol. The highest BCUT2D eigenvalue weighted by Crippen LogP contribution is 2.49. The van der Waals surface area contributed by atoms with Crippen LogP contribution in [0.3, 0.4) is 0 Å². The van der Waals surface area contributed by atoms with Crippen LogP contribution in [0.25, 0.3) is 5.69 Å².